The van der Waals surface area contributed by atoms with Crippen molar-refractivity contribution in [2.75, 3.05) is 18.0 Å². The minimum Gasteiger partial charge on any atom is -0.341 e. The fourth-order valence-corrected chi connectivity index (χ4v) is 1.37. The van der Waals surface area contributed by atoms with Gasteiger partial charge in [0.05, 0.1) is 0 Å². The van der Waals surface area contributed by atoms with Gasteiger partial charge in [-0.05, 0) is 55.4 Å². The van der Waals surface area contributed by atoms with Crippen molar-refractivity contribution >= 4 is 5.95 Å². The maximum atomic E-state index is 5.25. The first-order valence-corrected chi connectivity index (χ1v) is 7.76. The van der Waals surface area contributed by atoms with Crippen LogP contribution in [-0.4, -0.2) is 39.2 Å². The fourth-order valence-electron chi connectivity index (χ4n) is 1.37. The molecule has 0 unspecified atom stereocenters. The Morgan fingerprint density at radius 3 is 1.43 bits per heavy atom. The van der Waals surface area contributed by atoms with E-state index in [9.17, 15) is 0 Å². The smallest absolute Gasteiger partial charge is 0.341 e. The van der Waals surface area contributed by atoms with E-state index in [-0.39, 0.29) is 12.0 Å². The lowest BCUT2D eigenvalue weighted by Crippen LogP contribution is -2.27. The number of anilines is 1. The maximum Gasteiger partial charge on any atom is 0.361 e. The van der Waals surface area contributed by atoms with Crippen LogP contribution in [0.2, 0.25) is 0 Å². The highest BCUT2D eigenvalue weighted by Crippen LogP contribution is 2.19. The van der Waals surface area contributed by atoms with Crippen LogP contribution in [0.25, 0.3) is 0 Å². The van der Waals surface area contributed by atoms with Crippen LogP contribution in [0.5, 0.6) is 12.0 Å². The van der Waals surface area contributed by atoms with E-state index in [4.69, 9.17) is 19.6 Å². The van der Waals surface area contributed by atoms with Gasteiger partial charge >= 0.3 is 12.0 Å². The van der Waals surface area contributed by atoms with E-state index in [1.807, 2.05) is 60.3 Å². The standard InChI is InChI=1S/C15H28N4O4/c1-9-19(10-2)11-16-12(20-22-14(3,4)5)18-13(17-11)21-23-15(6,7)8/h9-10H2,1-8H3. The Morgan fingerprint density at radius 2 is 1.13 bits per heavy atom. The monoisotopic (exact) mass is 328 g/mol. The molecule has 0 atom stereocenters. The zero-order valence-electron chi connectivity index (χ0n) is 15.3. The van der Waals surface area contributed by atoms with E-state index in [1.54, 1.807) is 0 Å². The Morgan fingerprint density at radius 1 is 0.739 bits per heavy atom. The van der Waals surface area contributed by atoms with E-state index >= 15 is 0 Å². The average molecular weight is 328 g/mol. The third kappa shape index (κ3) is 7.43. The van der Waals surface area contributed by atoms with Crippen molar-refractivity contribution in [3.63, 3.8) is 0 Å². The minimum atomic E-state index is -0.495. The summed E-state index contributed by atoms with van der Waals surface area (Å²) < 4.78 is 0. The second kappa shape index (κ2) is 7.74. The van der Waals surface area contributed by atoms with Gasteiger partial charge in [-0.3, -0.25) is 9.78 Å². The Balaban J connectivity index is 3.01. The molecule has 0 aliphatic carbocycles. The molecule has 8 heteroatoms. The normalized spacial score (nSPS) is 12.2. The number of nitrogens with zero attached hydrogens (tertiary/aromatic N) is 4. The molecule has 23 heavy (non-hydrogen) atoms. The molecule has 0 radical (unpaired) electrons. The van der Waals surface area contributed by atoms with Crippen LogP contribution < -0.4 is 14.7 Å². The van der Waals surface area contributed by atoms with Gasteiger partial charge in [0, 0.05) is 13.1 Å². The summed E-state index contributed by atoms with van der Waals surface area (Å²) in [7, 11) is 0. The summed E-state index contributed by atoms with van der Waals surface area (Å²) in [6.45, 7) is 16.6. The third-order valence-corrected chi connectivity index (χ3v) is 2.36. The molecule has 0 aliphatic rings. The molecule has 132 valence electrons. The quantitative estimate of drug-likeness (QED) is 0.558. The topological polar surface area (TPSA) is 78.8 Å². The fraction of sp³-hybridized carbons (Fsp3) is 0.800. The summed E-state index contributed by atoms with van der Waals surface area (Å²) in [6.07, 6.45) is 0. The van der Waals surface area contributed by atoms with Crippen LogP contribution in [0.4, 0.5) is 5.95 Å². The predicted molar refractivity (Wildman–Crippen MR) is 86.3 cm³/mol. The largest absolute Gasteiger partial charge is 0.361 e. The summed E-state index contributed by atoms with van der Waals surface area (Å²) in [6, 6.07) is 0.0358. The zero-order valence-corrected chi connectivity index (χ0v) is 15.3. The molecule has 0 aliphatic heterocycles. The Hall–Kier alpha value is -1.67. The van der Waals surface area contributed by atoms with Crippen LogP contribution in [0, 0.1) is 0 Å². The number of hydrogen-bond donors (Lipinski definition) is 0. The first kappa shape index (κ1) is 19.4. The summed E-state index contributed by atoms with van der Waals surface area (Å²) in [5.74, 6) is 0.435. The molecule has 0 N–H and O–H groups in total. The number of aromatic nitrogens is 3. The molecule has 1 aromatic rings. The predicted octanol–water partition coefficient (Wildman–Crippen LogP) is 2.94. The van der Waals surface area contributed by atoms with Crippen LogP contribution >= 0.6 is 0 Å². The summed E-state index contributed by atoms with van der Waals surface area (Å²) in [4.78, 5) is 35.4. The van der Waals surface area contributed by atoms with Gasteiger partial charge in [-0.15, -0.1) is 4.98 Å². The van der Waals surface area contributed by atoms with Crippen molar-refractivity contribution in [3.8, 4) is 12.0 Å². The third-order valence-electron chi connectivity index (χ3n) is 2.36. The molecule has 1 rings (SSSR count). The molecule has 0 spiro atoms. The van der Waals surface area contributed by atoms with Crippen molar-refractivity contribution < 1.29 is 19.6 Å². The van der Waals surface area contributed by atoms with E-state index < -0.39 is 11.2 Å². The second-order valence-corrected chi connectivity index (χ2v) is 6.93. The zero-order chi connectivity index (χ0) is 17.7. The highest BCUT2D eigenvalue weighted by atomic mass is 17.2. The molecule has 0 bridgehead atoms. The van der Waals surface area contributed by atoms with Crippen LogP contribution in [0.1, 0.15) is 55.4 Å². The lowest BCUT2D eigenvalue weighted by molar-refractivity contribution is -0.287. The second-order valence-electron chi connectivity index (χ2n) is 6.93. The molecule has 0 fully saturated rings. The van der Waals surface area contributed by atoms with E-state index in [0.29, 0.717) is 5.95 Å². The van der Waals surface area contributed by atoms with Gasteiger partial charge in [-0.25, -0.2) is 0 Å². The first-order valence-electron chi connectivity index (χ1n) is 7.76. The van der Waals surface area contributed by atoms with Crippen molar-refractivity contribution in [3.05, 3.63) is 0 Å². The van der Waals surface area contributed by atoms with Gasteiger partial charge in [-0.2, -0.15) is 19.7 Å². The molecule has 1 heterocycles. The molecule has 8 nitrogen and oxygen atoms in total. The van der Waals surface area contributed by atoms with Crippen molar-refractivity contribution in [2.24, 2.45) is 0 Å². The van der Waals surface area contributed by atoms with Gasteiger partial charge in [0.2, 0.25) is 5.95 Å². The molecule has 0 saturated carbocycles. The summed E-state index contributed by atoms with van der Waals surface area (Å²) in [5, 5.41) is 0. The summed E-state index contributed by atoms with van der Waals surface area (Å²) >= 11 is 0. The molecule has 1 aromatic heterocycles. The number of rotatable bonds is 7. The SMILES string of the molecule is CCN(CC)c1nc(OOC(C)(C)C)nc(OOC(C)(C)C)n1. The van der Waals surface area contributed by atoms with Gasteiger partial charge in [0.25, 0.3) is 0 Å². The highest BCUT2D eigenvalue weighted by molar-refractivity contribution is 5.31. The molecule has 0 aromatic carbocycles. The van der Waals surface area contributed by atoms with Gasteiger partial charge < -0.3 is 4.90 Å². The van der Waals surface area contributed by atoms with E-state index in [0.717, 1.165) is 13.1 Å². The highest BCUT2D eigenvalue weighted by Gasteiger charge is 2.20. The van der Waals surface area contributed by atoms with Crippen LogP contribution in [-0.2, 0) is 9.78 Å². The van der Waals surface area contributed by atoms with Crippen LogP contribution in [0.15, 0.2) is 0 Å². The lowest BCUT2D eigenvalue weighted by atomic mass is 10.2. The van der Waals surface area contributed by atoms with E-state index in [1.165, 1.54) is 0 Å². The molecular weight excluding hydrogens is 300 g/mol. The molecule has 0 saturated heterocycles. The molecule has 0 amide bonds. The van der Waals surface area contributed by atoms with Crippen molar-refractivity contribution in [1.29, 1.82) is 0 Å². The number of hydrogen-bond acceptors (Lipinski definition) is 8. The maximum absolute atomic E-state index is 5.25. The first-order chi connectivity index (χ1) is 10.5. The minimum absolute atomic E-state index is 0.0179. The summed E-state index contributed by atoms with van der Waals surface area (Å²) in [5.41, 5.74) is -0.990. The van der Waals surface area contributed by atoms with Gasteiger partial charge in [0.15, 0.2) is 0 Å². The lowest BCUT2D eigenvalue weighted by Gasteiger charge is -2.21. The Bertz CT molecular complexity index is 457. The Labute approximate surface area is 138 Å². The van der Waals surface area contributed by atoms with E-state index in [2.05, 4.69) is 15.0 Å². The Kier molecular flexibility index (Phi) is 6.52. The van der Waals surface area contributed by atoms with Gasteiger partial charge in [0.1, 0.15) is 11.2 Å². The van der Waals surface area contributed by atoms with Crippen molar-refractivity contribution in [2.45, 2.75) is 66.6 Å². The van der Waals surface area contributed by atoms with Crippen molar-refractivity contribution in [1.82, 2.24) is 15.0 Å². The van der Waals surface area contributed by atoms with Crippen LogP contribution in [0.3, 0.4) is 0 Å². The van der Waals surface area contributed by atoms with Gasteiger partial charge in [-0.1, -0.05) is 0 Å². The average Bonchev–Trinajstić information content (AvgIpc) is 2.43. The molecular formula is C15H28N4O4.